The van der Waals surface area contributed by atoms with Crippen molar-refractivity contribution in [1.82, 2.24) is 15.0 Å². The number of hydrogen-bond donors (Lipinski definition) is 0. The van der Waals surface area contributed by atoms with E-state index in [9.17, 15) is 13.2 Å². The number of alkyl halides is 3. The van der Waals surface area contributed by atoms with Crippen molar-refractivity contribution in [2.45, 2.75) is 38.7 Å². The molecule has 3 heterocycles. The Kier molecular flexibility index (Phi) is 6.38. The second-order valence-corrected chi connectivity index (χ2v) is 7.92. The first kappa shape index (κ1) is 21.5. The molecular weight excluding hydrogens is 407 g/mol. The zero-order valence-electron chi connectivity index (χ0n) is 17.2. The van der Waals surface area contributed by atoms with Gasteiger partial charge in [0.25, 0.3) is 0 Å². The Morgan fingerprint density at radius 3 is 2.55 bits per heavy atom. The third-order valence-electron chi connectivity index (χ3n) is 5.61. The van der Waals surface area contributed by atoms with Crippen LogP contribution in [0.15, 0.2) is 59.4 Å². The molecule has 1 aliphatic heterocycles. The van der Waals surface area contributed by atoms with Gasteiger partial charge < -0.3 is 9.26 Å². The minimum absolute atomic E-state index is 0.0557. The number of rotatable bonds is 7. The molecule has 2 atom stereocenters. The van der Waals surface area contributed by atoms with Crippen molar-refractivity contribution in [2.75, 3.05) is 13.2 Å². The number of hydrogen-bond acceptors (Lipinski definition) is 5. The summed E-state index contributed by atoms with van der Waals surface area (Å²) < 4.78 is 51.9. The van der Waals surface area contributed by atoms with Crippen LogP contribution in [0.2, 0.25) is 0 Å². The third kappa shape index (κ3) is 5.32. The summed E-state index contributed by atoms with van der Waals surface area (Å²) in [7, 11) is 0. The Balaban J connectivity index is 1.61. The molecule has 0 aliphatic carbocycles. The van der Waals surface area contributed by atoms with Gasteiger partial charge in [0.05, 0.1) is 24.5 Å². The average molecular weight is 431 g/mol. The van der Waals surface area contributed by atoms with Gasteiger partial charge in [-0.3, -0.25) is 9.88 Å². The zero-order valence-corrected chi connectivity index (χ0v) is 17.2. The largest absolute Gasteiger partial charge is 0.416 e. The summed E-state index contributed by atoms with van der Waals surface area (Å²) in [5, 5.41) is 3.94. The van der Waals surface area contributed by atoms with Gasteiger partial charge in [-0.25, -0.2) is 0 Å². The molecule has 1 fully saturated rings. The van der Waals surface area contributed by atoms with E-state index in [0.29, 0.717) is 26.2 Å². The maximum Gasteiger partial charge on any atom is 0.416 e. The minimum atomic E-state index is -4.40. The first-order valence-electron chi connectivity index (χ1n) is 10.2. The van der Waals surface area contributed by atoms with E-state index < -0.39 is 11.7 Å². The lowest BCUT2D eigenvalue weighted by molar-refractivity contribution is -0.138. The average Bonchev–Trinajstić information content (AvgIpc) is 3.37. The molecule has 0 saturated carbocycles. The summed E-state index contributed by atoms with van der Waals surface area (Å²) in [6.45, 7) is 3.50. The van der Waals surface area contributed by atoms with Crippen LogP contribution in [0.4, 0.5) is 13.2 Å². The van der Waals surface area contributed by atoms with Crippen molar-refractivity contribution in [3.63, 3.8) is 0 Å². The Bertz CT molecular complexity index is 991. The number of aromatic nitrogens is 2. The molecule has 0 spiro atoms. The normalized spacial score (nSPS) is 19.3. The van der Waals surface area contributed by atoms with Crippen LogP contribution >= 0.6 is 0 Å². The number of aryl methyl sites for hydroxylation is 1. The smallest absolute Gasteiger partial charge is 0.379 e. The molecule has 0 amide bonds. The van der Waals surface area contributed by atoms with E-state index in [1.54, 1.807) is 24.5 Å². The van der Waals surface area contributed by atoms with Gasteiger partial charge in [-0.05, 0) is 36.2 Å². The maximum absolute atomic E-state index is 13.6. The molecule has 1 saturated heterocycles. The summed E-state index contributed by atoms with van der Waals surface area (Å²) in [6.07, 6.45) is -0.394. The van der Waals surface area contributed by atoms with Gasteiger partial charge in [0.15, 0.2) is 0 Å². The van der Waals surface area contributed by atoms with Crippen LogP contribution in [-0.2, 0) is 30.4 Å². The summed E-state index contributed by atoms with van der Waals surface area (Å²) in [6, 6.07) is 11.4. The van der Waals surface area contributed by atoms with E-state index in [0.717, 1.165) is 23.1 Å². The summed E-state index contributed by atoms with van der Waals surface area (Å²) in [5.74, 6) is 0.852. The second-order valence-electron chi connectivity index (χ2n) is 7.92. The van der Waals surface area contributed by atoms with E-state index >= 15 is 0 Å². The fourth-order valence-corrected chi connectivity index (χ4v) is 4.12. The first-order valence-corrected chi connectivity index (χ1v) is 10.2. The standard InChI is InChI=1S/C23H24F3N3O2/c1-16-10-20(31-28-16)11-19-14-30-15-22(19)29(12-17-6-8-27-9-7-17)13-18-4-2-3-5-21(18)23(24,25)26/h2-10,19,22H,11-15H2,1H3/t19-,22-/m0/s1. The van der Waals surface area contributed by atoms with Crippen molar-refractivity contribution in [3.05, 3.63) is 83.0 Å². The summed E-state index contributed by atoms with van der Waals surface area (Å²) in [5.41, 5.74) is 1.44. The minimum Gasteiger partial charge on any atom is -0.379 e. The molecule has 0 radical (unpaired) electrons. The molecule has 0 N–H and O–H groups in total. The number of ether oxygens (including phenoxy) is 1. The molecule has 8 heteroatoms. The van der Waals surface area contributed by atoms with Crippen molar-refractivity contribution in [2.24, 2.45) is 5.92 Å². The molecule has 1 aliphatic rings. The van der Waals surface area contributed by atoms with Crippen LogP contribution in [-0.4, -0.2) is 34.3 Å². The predicted octanol–water partition coefficient (Wildman–Crippen LogP) is 4.66. The third-order valence-corrected chi connectivity index (χ3v) is 5.61. The molecule has 1 aromatic carbocycles. The van der Waals surface area contributed by atoms with Crippen LogP contribution in [0.25, 0.3) is 0 Å². The van der Waals surface area contributed by atoms with Gasteiger partial charge >= 0.3 is 6.18 Å². The van der Waals surface area contributed by atoms with Crippen molar-refractivity contribution in [1.29, 1.82) is 0 Å². The van der Waals surface area contributed by atoms with Crippen molar-refractivity contribution < 1.29 is 22.4 Å². The molecule has 3 aromatic rings. The maximum atomic E-state index is 13.6. The van der Waals surface area contributed by atoms with Gasteiger partial charge in [0.2, 0.25) is 0 Å². The molecule has 164 valence electrons. The lowest BCUT2D eigenvalue weighted by Crippen LogP contribution is -2.40. The first-order chi connectivity index (χ1) is 14.9. The molecule has 0 unspecified atom stereocenters. The number of benzene rings is 1. The van der Waals surface area contributed by atoms with Crippen LogP contribution in [0, 0.1) is 12.8 Å². The van der Waals surface area contributed by atoms with E-state index in [4.69, 9.17) is 9.26 Å². The van der Waals surface area contributed by atoms with Gasteiger partial charge in [-0.1, -0.05) is 23.4 Å². The Labute approximate surface area is 178 Å². The van der Waals surface area contributed by atoms with Crippen LogP contribution in [0.3, 0.4) is 0 Å². The number of nitrogens with zero attached hydrogens (tertiary/aromatic N) is 3. The van der Waals surface area contributed by atoms with Gasteiger partial charge in [-0.2, -0.15) is 13.2 Å². The predicted molar refractivity (Wildman–Crippen MR) is 108 cm³/mol. The van der Waals surface area contributed by atoms with Gasteiger partial charge in [-0.15, -0.1) is 0 Å². The van der Waals surface area contributed by atoms with E-state index in [2.05, 4.69) is 15.0 Å². The fourth-order valence-electron chi connectivity index (χ4n) is 4.12. The summed E-state index contributed by atoms with van der Waals surface area (Å²) >= 11 is 0. The highest BCUT2D eigenvalue weighted by atomic mass is 19.4. The van der Waals surface area contributed by atoms with Crippen LogP contribution in [0.1, 0.15) is 28.1 Å². The van der Waals surface area contributed by atoms with Gasteiger partial charge in [0.1, 0.15) is 5.76 Å². The molecule has 31 heavy (non-hydrogen) atoms. The fraction of sp³-hybridized carbons (Fsp3) is 0.391. The molecule has 4 rings (SSSR count). The van der Waals surface area contributed by atoms with E-state index in [1.165, 1.54) is 6.07 Å². The highest BCUT2D eigenvalue weighted by Crippen LogP contribution is 2.34. The lowest BCUT2D eigenvalue weighted by atomic mass is 9.95. The van der Waals surface area contributed by atoms with Crippen molar-refractivity contribution >= 4 is 0 Å². The Morgan fingerprint density at radius 2 is 1.84 bits per heavy atom. The van der Waals surface area contributed by atoms with Crippen LogP contribution < -0.4 is 0 Å². The van der Waals surface area contributed by atoms with Crippen LogP contribution in [0.5, 0.6) is 0 Å². The highest BCUT2D eigenvalue weighted by molar-refractivity contribution is 5.30. The molecule has 2 aromatic heterocycles. The quantitative estimate of drug-likeness (QED) is 0.545. The monoisotopic (exact) mass is 431 g/mol. The number of halogens is 3. The topological polar surface area (TPSA) is 51.4 Å². The molecule has 5 nitrogen and oxygen atoms in total. The van der Waals surface area contributed by atoms with Gasteiger partial charge in [0, 0.05) is 49.9 Å². The van der Waals surface area contributed by atoms with E-state index in [-0.39, 0.29) is 24.1 Å². The van der Waals surface area contributed by atoms with E-state index in [1.807, 2.05) is 25.1 Å². The lowest BCUT2D eigenvalue weighted by Gasteiger charge is -2.32. The Morgan fingerprint density at radius 1 is 1.06 bits per heavy atom. The molecule has 0 bridgehead atoms. The Hall–Kier alpha value is -2.71. The zero-order chi connectivity index (χ0) is 21.8. The summed E-state index contributed by atoms with van der Waals surface area (Å²) in [4.78, 5) is 6.11. The SMILES string of the molecule is Cc1cc(C[C@H]2COC[C@@H]2N(Cc2ccncc2)Cc2ccccc2C(F)(F)F)on1. The number of pyridine rings is 1. The van der Waals surface area contributed by atoms with Crippen molar-refractivity contribution in [3.8, 4) is 0 Å². The molecular formula is C23H24F3N3O2. The second kappa shape index (κ2) is 9.20. The highest BCUT2D eigenvalue weighted by Gasteiger charge is 2.37.